The van der Waals surface area contributed by atoms with Crippen LogP contribution in [0.5, 0.6) is 5.75 Å². The molecule has 0 radical (unpaired) electrons. The molecule has 0 aliphatic heterocycles. The van der Waals surface area contributed by atoms with Crippen LogP contribution in [0.4, 0.5) is 8.78 Å². The SMILES string of the molecule is Cc1cccc(C(O)COc2cc(F)ccc2F)c1. The largest absolute Gasteiger partial charge is 0.487 e. The highest BCUT2D eigenvalue weighted by atomic mass is 19.1. The lowest BCUT2D eigenvalue weighted by Gasteiger charge is -2.13. The molecular formula is C15H14F2O2. The molecule has 0 saturated heterocycles. The van der Waals surface area contributed by atoms with Crippen molar-refractivity contribution in [2.24, 2.45) is 0 Å². The summed E-state index contributed by atoms with van der Waals surface area (Å²) in [5, 5.41) is 9.93. The Morgan fingerprint density at radius 1 is 1.16 bits per heavy atom. The van der Waals surface area contributed by atoms with E-state index in [1.54, 1.807) is 6.07 Å². The van der Waals surface area contributed by atoms with Gasteiger partial charge < -0.3 is 9.84 Å². The average Bonchev–Trinajstić information content (AvgIpc) is 2.39. The summed E-state index contributed by atoms with van der Waals surface area (Å²) in [6.45, 7) is 1.77. The Balaban J connectivity index is 2.04. The number of aryl methyl sites for hydroxylation is 1. The van der Waals surface area contributed by atoms with Gasteiger partial charge in [-0.2, -0.15) is 0 Å². The molecule has 19 heavy (non-hydrogen) atoms. The standard InChI is InChI=1S/C15H14F2O2/c1-10-3-2-4-11(7-10)14(18)9-19-15-8-12(16)5-6-13(15)17/h2-8,14,18H,9H2,1H3. The minimum absolute atomic E-state index is 0.135. The van der Waals surface area contributed by atoms with E-state index in [4.69, 9.17) is 4.74 Å². The molecule has 100 valence electrons. The fourth-order valence-electron chi connectivity index (χ4n) is 1.73. The third-order valence-corrected chi connectivity index (χ3v) is 2.72. The molecule has 0 aromatic heterocycles. The van der Waals surface area contributed by atoms with Crippen molar-refractivity contribution in [2.45, 2.75) is 13.0 Å². The predicted octanol–water partition coefficient (Wildman–Crippen LogP) is 3.39. The molecule has 2 aromatic rings. The summed E-state index contributed by atoms with van der Waals surface area (Å²) in [4.78, 5) is 0. The monoisotopic (exact) mass is 264 g/mol. The molecule has 2 nitrogen and oxygen atoms in total. The highest BCUT2D eigenvalue weighted by Gasteiger charge is 2.11. The van der Waals surface area contributed by atoms with Gasteiger partial charge in [-0.15, -0.1) is 0 Å². The summed E-state index contributed by atoms with van der Waals surface area (Å²) in [7, 11) is 0. The Morgan fingerprint density at radius 3 is 2.68 bits per heavy atom. The van der Waals surface area contributed by atoms with E-state index in [-0.39, 0.29) is 12.4 Å². The Hall–Kier alpha value is -1.94. The van der Waals surface area contributed by atoms with Gasteiger partial charge in [-0.25, -0.2) is 8.78 Å². The van der Waals surface area contributed by atoms with E-state index in [0.717, 1.165) is 23.8 Å². The van der Waals surface area contributed by atoms with Crippen LogP contribution in [0, 0.1) is 18.6 Å². The lowest BCUT2D eigenvalue weighted by molar-refractivity contribution is 0.105. The van der Waals surface area contributed by atoms with Crippen LogP contribution in [0.25, 0.3) is 0 Å². The lowest BCUT2D eigenvalue weighted by Crippen LogP contribution is -2.10. The molecule has 1 N–H and O–H groups in total. The number of aliphatic hydroxyl groups excluding tert-OH is 1. The first-order chi connectivity index (χ1) is 9.06. The van der Waals surface area contributed by atoms with E-state index >= 15 is 0 Å². The Kier molecular flexibility index (Phi) is 4.12. The predicted molar refractivity (Wildman–Crippen MR) is 68.0 cm³/mol. The van der Waals surface area contributed by atoms with Gasteiger partial charge in [0.15, 0.2) is 11.6 Å². The smallest absolute Gasteiger partial charge is 0.165 e. The number of hydrogen-bond donors (Lipinski definition) is 1. The second-order valence-electron chi connectivity index (χ2n) is 4.32. The molecule has 2 aromatic carbocycles. The second kappa shape index (κ2) is 5.80. The molecule has 0 spiro atoms. The minimum atomic E-state index is -0.887. The number of benzene rings is 2. The molecule has 0 saturated carbocycles. The van der Waals surface area contributed by atoms with Crippen LogP contribution in [0.1, 0.15) is 17.2 Å². The summed E-state index contributed by atoms with van der Waals surface area (Å²) in [5.41, 5.74) is 1.69. The van der Waals surface area contributed by atoms with Gasteiger partial charge in [0.05, 0.1) is 0 Å². The first kappa shape index (κ1) is 13.5. The molecule has 4 heteroatoms. The zero-order valence-corrected chi connectivity index (χ0v) is 10.4. The fourth-order valence-corrected chi connectivity index (χ4v) is 1.73. The molecule has 2 rings (SSSR count). The van der Waals surface area contributed by atoms with Gasteiger partial charge in [-0.05, 0) is 24.6 Å². The lowest BCUT2D eigenvalue weighted by atomic mass is 10.1. The van der Waals surface area contributed by atoms with Gasteiger partial charge in [-0.3, -0.25) is 0 Å². The van der Waals surface area contributed by atoms with Crippen molar-refractivity contribution >= 4 is 0 Å². The summed E-state index contributed by atoms with van der Waals surface area (Å²) in [6.07, 6.45) is -0.887. The van der Waals surface area contributed by atoms with Crippen molar-refractivity contribution < 1.29 is 18.6 Å². The summed E-state index contributed by atoms with van der Waals surface area (Å²) < 4.78 is 31.4. The van der Waals surface area contributed by atoms with Crippen molar-refractivity contribution in [1.29, 1.82) is 0 Å². The van der Waals surface area contributed by atoms with Crippen LogP contribution >= 0.6 is 0 Å². The van der Waals surface area contributed by atoms with Gasteiger partial charge in [0.25, 0.3) is 0 Å². The highest BCUT2D eigenvalue weighted by Crippen LogP contribution is 2.21. The zero-order valence-electron chi connectivity index (χ0n) is 10.4. The molecule has 0 aliphatic carbocycles. The molecule has 0 fully saturated rings. The van der Waals surface area contributed by atoms with Crippen LogP contribution in [0.2, 0.25) is 0 Å². The molecule has 0 aliphatic rings. The number of halogens is 2. The Bertz CT molecular complexity index is 570. The highest BCUT2D eigenvalue weighted by molar-refractivity contribution is 5.26. The van der Waals surface area contributed by atoms with Crippen LogP contribution in [0.3, 0.4) is 0 Å². The summed E-state index contributed by atoms with van der Waals surface area (Å²) in [6, 6.07) is 10.3. The van der Waals surface area contributed by atoms with Gasteiger partial charge in [0.1, 0.15) is 18.5 Å². The second-order valence-corrected chi connectivity index (χ2v) is 4.32. The molecule has 1 atom stereocenters. The molecule has 0 amide bonds. The van der Waals surface area contributed by atoms with Gasteiger partial charge in [0, 0.05) is 6.07 Å². The van der Waals surface area contributed by atoms with E-state index in [0.29, 0.717) is 5.56 Å². The van der Waals surface area contributed by atoms with Crippen molar-refractivity contribution in [3.05, 3.63) is 65.2 Å². The third kappa shape index (κ3) is 3.51. The quantitative estimate of drug-likeness (QED) is 0.917. The average molecular weight is 264 g/mol. The molecule has 0 heterocycles. The minimum Gasteiger partial charge on any atom is -0.487 e. The maximum absolute atomic E-state index is 13.3. The van der Waals surface area contributed by atoms with E-state index < -0.39 is 17.7 Å². The maximum atomic E-state index is 13.3. The van der Waals surface area contributed by atoms with Gasteiger partial charge in [0.2, 0.25) is 0 Å². The van der Waals surface area contributed by atoms with E-state index in [1.165, 1.54) is 0 Å². The molecular weight excluding hydrogens is 250 g/mol. The van der Waals surface area contributed by atoms with Crippen molar-refractivity contribution in [3.63, 3.8) is 0 Å². The fraction of sp³-hybridized carbons (Fsp3) is 0.200. The number of aliphatic hydroxyl groups is 1. The summed E-state index contributed by atoms with van der Waals surface area (Å²) >= 11 is 0. The number of ether oxygens (including phenoxy) is 1. The third-order valence-electron chi connectivity index (χ3n) is 2.72. The Morgan fingerprint density at radius 2 is 1.95 bits per heavy atom. The first-order valence-electron chi connectivity index (χ1n) is 5.89. The van der Waals surface area contributed by atoms with Crippen molar-refractivity contribution in [3.8, 4) is 5.75 Å². The van der Waals surface area contributed by atoms with Gasteiger partial charge in [-0.1, -0.05) is 29.8 Å². The van der Waals surface area contributed by atoms with Gasteiger partial charge >= 0.3 is 0 Å². The van der Waals surface area contributed by atoms with E-state index in [9.17, 15) is 13.9 Å². The van der Waals surface area contributed by atoms with Crippen LogP contribution < -0.4 is 4.74 Å². The first-order valence-corrected chi connectivity index (χ1v) is 5.89. The molecule has 1 unspecified atom stereocenters. The maximum Gasteiger partial charge on any atom is 0.165 e. The Labute approximate surface area is 110 Å². The normalized spacial score (nSPS) is 12.2. The van der Waals surface area contributed by atoms with E-state index in [1.807, 2.05) is 25.1 Å². The summed E-state index contributed by atoms with van der Waals surface area (Å²) in [5.74, 6) is -1.44. The van der Waals surface area contributed by atoms with Crippen molar-refractivity contribution in [2.75, 3.05) is 6.61 Å². The number of rotatable bonds is 4. The van der Waals surface area contributed by atoms with Crippen LogP contribution in [0.15, 0.2) is 42.5 Å². The van der Waals surface area contributed by atoms with Crippen LogP contribution in [-0.4, -0.2) is 11.7 Å². The number of hydrogen-bond acceptors (Lipinski definition) is 2. The molecule has 0 bridgehead atoms. The zero-order chi connectivity index (χ0) is 13.8. The van der Waals surface area contributed by atoms with E-state index in [2.05, 4.69) is 0 Å². The van der Waals surface area contributed by atoms with Crippen molar-refractivity contribution in [1.82, 2.24) is 0 Å². The topological polar surface area (TPSA) is 29.5 Å². The van der Waals surface area contributed by atoms with Crippen LogP contribution in [-0.2, 0) is 0 Å².